The molecule has 80 valence electrons. The van der Waals surface area contributed by atoms with Gasteiger partial charge in [0, 0.05) is 5.56 Å². The molecule has 0 aromatic heterocycles. The predicted molar refractivity (Wildman–Crippen MR) is 54.6 cm³/mol. The van der Waals surface area contributed by atoms with Crippen molar-refractivity contribution < 1.29 is 19.4 Å². The highest BCUT2D eigenvalue weighted by atomic mass is 35.5. The maximum absolute atomic E-state index is 11.0. The van der Waals surface area contributed by atoms with Crippen LogP contribution in [-0.2, 0) is 4.79 Å². The molecule has 0 spiro atoms. The van der Waals surface area contributed by atoms with Crippen molar-refractivity contribution in [1.82, 2.24) is 0 Å². The smallest absolute Gasteiger partial charge is 0.341 e. The molecule has 1 aromatic rings. The van der Waals surface area contributed by atoms with E-state index in [-0.39, 0.29) is 16.6 Å². The number of hydrogen-bond acceptors (Lipinski definition) is 3. The van der Waals surface area contributed by atoms with Gasteiger partial charge in [0.05, 0.1) is 5.02 Å². The average molecular weight is 229 g/mol. The predicted octanol–water partition coefficient (Wildman–Crippen LogP) is 2.01. The number of carboxylic acids is 1. The van der Waals surface area contributed by atoms with E-state index >= 15 is 0 Å². The summed E-state index contributed by atoms with van der Waals surface area (Å²) in [4.78, 5) is 21.2. The summed E-state index contributed by atoms with van der Waals surface area (Å²) in [5.74, 6) is -0.938. The standard InChI is InChI=1S/C10H9ClO4/c1-6(12)7-2-3-9(8(11)4-7)15-5-10(13)14/h2-4H,5H2,1H3,(H,13,14). The van der Waals surface area contributed by atoms with E-state index in [1.54, 1.807) is 0 Å². The molecule has 0 aliphatic rings. The molecule has 1 N–H and O–H groups in total. The number of carboxylic acid groups (broad SMARTS) is 1. The molecular weight excluding hydrogens is 220 g/mol. The Morgan fingerprint density at radius 2 is 2.13 bits per heavy atom. The van der Waals surface area contributed by atoms with Crippen LogP contribution in [0.15, 0.2) is 18.2 Å². The zero-order valence-corrected chi connectivity index (χ0v) is 8.75. The Morgan fingerprint density at radius 1 is 1.47 bits per heavy atom. The number of Topliss-reactive ketones (excluding diaryl/α,β-unsaturated/α-hetero) is 1. The van der Waals surface area contributed by atoms with E-state index in [0.29, 0.717) is 5.56 Å². The Balaban J connectivity index is 2.83. The van der Waals surface area contributed by atoms with Crippen LogP contribution in [0.3, 0.4) is 0 Å². The van der Waals surface area contributed by atoms with Crippen molar-refractivity contribution in [3.05, 3.63) is 28.8 Å². The van der Waals surface area contributed by atoms with Gasteiger partial charge < -0.3 is 9.84 Å². The summed E-state index contributed by atoms with van der Waals surface area (Å²) in [6.07, 6.45) is 0. The van der Waals surface area contributed by atoms with E-state index < -0.39 is 12.6 Å². The molecule has 0 unspecified atom stereocenters. The number of aliphatic carboxylic acids is 1. The van der Waals surface area contributed by atoms with Gasteiger partial charge in [-0.25, -0.2) is 4.79 Å². The molecule has 0 aliphatic carbocycles. The van der Waals surface area contributed by atoms with Gasteiger partial charge in [-0.2, -0.15) is 0 Å². The van der Waals surface area contributed by atoms with E-state index in [9.17, 15) is 9.59 Å². The molecular formula is C10H9ClO4. The van der Waals surface area contributed by atoms with Crippen LogP contribution in [0, 0.1) is 0 Å². The van der Waals surface area contributed by atoms with Gasteiger partial charge in [0.1, 0.15) is 5.75 Å². The Labute approximate surface area is 91.4 Å². The Morgan fingerprint density at radius 3 is 2.60 bits per heavy atom. The van der Waals surface area contributed by atoms with E-state index in [2.05, 4.69) is 0 Å². The van der Waals surface area contributed by atoms with Crippen LogP contribution in [0.1, 0.15) is 17.3 Å². The van der Waals surface area contributed by atoms with Crippen molar-refractivity contribution in [1.29, 1.82) is 0 Å². The second-order valence-corrected chi connectivity index (χ2v) is 3.29. The van der Waals surface area contributed by atoms with Gasteiger partial charge >= 0.3 is 5.97 Å². The molecule has 0 fully saturated rings. The summed E-state index contributed by atoms with van der Waals surface area (Å²) in [7, 11) is 0. The van der Waals surface area contributed by atoms with Crippen molar-refractivity contribution in [2.45, 2.75) is 6.92 Å². The number of halogens is 1. The van der Waals surface area contributed by atoms with Crippen LogP contribution in [0.2, 0.25) is 5.02 Å². The van der Waals surface area contributed by atoms with Crippen molar-refractivity contribution >= 4 is 23.4 Å². The fourth-order valence-corrected chi connectivity index (χ4v) is 1.21. The van der Waals surface area contributed by atoms with Gasteiger partial charge in [0.2, 0.25) is 0 Å². The van der Waals surface area contributed by atoms with Crippen LogP contribution < -0.4 is 4.74 Å². The quantitative estimate of drug-likeness (QED) is 0.801. The lowest BCUT2D eigenvalue weighted by Gasteiger charge is -2.06. The normalized spacial score (nSPS) is 9.73. The van der Waals surface area contributed by atoms with Crippen LogP contribution in [0.5, 0.6) is 5.75 Å². The highest BCUT2D eigenvalue weighted by molar-refractivity contribution is 6.32. The number of hydrogen-bond donors (Lipinski definition) is 1. The molecule has 0 radical (unpaired) electrons. The van der Waals surface area contributed by atoms with E-state index in [4.69, 9.17) is 21.4 Å². The number of ketones is 1. The molecule has 0 heterocycles. The Kier molecular flexibility index (Phi) is 3.68. The molecule has 0 bridgehead atoms. The molecule has 4 nitrogen and oxygen atoms in total. The number of carbonyl (C=O) groups is 2. The number of rotatable bonds is 4. The third-order valence-electron chi connectivity index (χ3n) is 1.69. The molecule has 0 amide bonds. The molecule has 15 heavy (non-hydrogen) atoms. The summed E-state index contributed by atoms with van der Waals surface area (Å²) in [6.45, 7) is 0.961. The highest BCUT2D eigenvalue weighted by Crippen LogP contribution is 2.25. The first kappa shape index (κ1) is 11.5. The maximum atomic E-state index is 11.0. The number of ether oxygens (including phenoxy) is 1. The highest BCUT2D eigenvalue weighted by Gasteiger charge is 2.07. The second-order valence-electron chi connectivity index (χ2n) is 2.88. The van der Waals surface area contributed by atoms with Crippen molar-refractivity contribution in [2.75, 3.05) is 6.61 Å². The molecule has 1 rings (SSSR count). The third-order valence-corrected chi connectivity index (χ3v) is 1.98. The topological polar surface area (TPSA) is 63.6 Å². The summed E-state index contributed by atoms with van der Waals surface area (Å²) in [6, 6.07) is 4.45. The van der Waals surface area contributed by atoms with Gasteiger partial charge in [-0.3, -0.25) is 4.79 Å². The molecule has 5 heteroatoms. The summed E-state index contributed by atoms with van der Waals surface area (Å²) in [5, 5.41) is 8.61. The zero-order valence-electron chi connectivity index (χ0n) is 7.99. The van der Waals surface area contributed by atoms with E-state index in [1.165, 1.54) is 25.1 Å². The number of carbonyl (C=O) groups excluding carboxylic acids is 1. The minimum Gasteiger partial charge on any atom is -0.480 e. The SMILES string of the molecule is CC(=O)c1ccc(OCC(=O)O)c(Cl)c1. The van der Waals surface area contributed by atoms with Crippen LogP contribution in [0.25, 0.3) is 0 Å². The molecule has 0 saturated heterocycles. The van der Waals surface area contributed by atoms with Crippen LogP contribution in [-0.4, -0.2) is 23.5 Å². The van der Waals surface area contributed by atoms with Crippen LogP contribution in [0.4, 0.5) is 0 Å². The lowest BCUT2D eigenvalue weighted by molar-refractivity contribution is -0.139. The zero-order chi connectivity index (χ0) is 11.4. The average Bonchev–Trinajstić information content (AvgIpc) is 2.15. The van der Waals surface area contributed by atoms with Crippen LogP contribution >= 0.6 is 11.6 Å². The fourth-order valence-electron chi connectivity index (χ4n) is 0.976. The molecule has 0 atom stereocenters. The van der Waals surface area contributed by atoms with Gasteiger partial charge in [-0.15, -0.1) is 0 Å². The lowest BCUT2D eigenvalue weighted by Crippen LogP contribution is -2.09. The Bertz CT molecular complexity index is 400. The molecule has 0 saturated carbocycles. The number of benzene rings is 1. The summed E-state index contributed by atoms with van der Waals surface area (Å²) < 4.78 is 4.89. The first-order chi connectivity index (χ1) is 7.00. The minimum atomic E-state index is -1.08. The Hall–Kier alpha value is -1.55. The van der Waals surface area contributed by atoms with Crippen molar-refractivity contribution in [2.24, 2.45) is 0 Å². The van der Waals surface area contributed by atoms with E-state index in [1.807, 2.05) is 0 Å². The van der Waals surface area contributed by atoms with Gasteiger partial charge in [-0.1, -0.05) is 11.6 Å². The molecule has 1 aromatic carbocycles. The fraction of sp³-hybridized carbons (Fsp3) is 0.200. The first-order valence-corrected chi connectivity index (χ1v) is 4.53. The lowest BCUT2D eigenvalue weighted by atomic mass is 10.1. The monoisotopic (exact) mass is 228 g/mol. The summed E-state index contributed by atoms with van der Waals surface area (Å²) in [5.41, 5.74) is 0.461. The van der Waals surface area contributed by atoms with Crippen molar-refractivity contribution in [3.8, 4) is 5.75 Å². The summed E-state index contributed by atoms with van der Waals surface area (Å²) >= 11 is 5.79. The first-order valence-electron chi connectivity index (χ1n) is 4.16. The van der Waals surface area contributed by atoms with Gasteiger partial charge in [0.15, 0.2) is 12.4 Å². The molecule has 0 aliphatic heterocycles. The van der Waals surface area contributed by atoms with Crippen molar-refractivity contribution in [3.63, 3.8) is 0 Å². The van der Waals surface area contributed by atoms with E-state index in [0.717, 1.165) is 0 Å². The minimum absolute atomic E-state index is 0.110. The van der Waals surface area contributed by atoms with Gasteiger partial charge in [-0.05, 0) is 25.1 Å². The largest absolute Gasteiger partial charge is 0.480 e. The third kappa shape index (κ3) is 3.25. The van der Waals surface area contributed by atoms with Gasteiger partial charge in [0.25, 0.3) is 0 Å². The maximum Gasteiger partial charge on any atom is 0.341 e. The second kappa shape index (κ2) is 4.79.